The molecule has 1 aliphatic heterocycles. The van der Waals surface area contributed by atoms with Crippen LogP contribution in [-0.4, -0.2) is 13.2 Å². The lowest BCUT2D eigenvalue weighted by atomic mass is 10.0. The topological polar surface area (TPSA) is 21.3 Å². The maximum absolute atomic E-state index is 5.71. The number of fused-ring (bicyclic) bond motifs is 1. The Labute approximate surface area is 105 Å². The van der Waals surface area contributed by atoms with Crippen molar-refractivity contribution in [1.29, 1.82) is 0 Å². The number of halogens is 1. The van der Waals surface area contributed by atoms with E-state index in [1.54, 1.807) is 0 Å². The van der Waals surface area contributed by atoms with E-state index in [1.807, 2.05) is 12.1 Å². The summed E-state index contributed by atoms with van der Waals surface area (Å²) in [5, 5.41) is 3.49. The third-order valence-corrected chi connectivity index (χ3v) is 3.01. The number of para-hydroxylation sites is 1. The Morgan fingerprint density at radius 1 is 1.50 bits per heavy atom. The molecule has 0 aliphatic carbocycles. The maximum atomic E-state index is 5.71. The summed E-state index contributed by atoms with van der Waals surface area (Å²) in [7, 11) is 0. The van der Waals surface area contributed by atoms with Crippen LogP contribution in [0.4, 0.5) is 0 Å². The van der Waals surface area contributed by atoms with E-state index < -0.39 is 0 Å². The van der Waals surface area contributed by atoms with Gasteiger partial charge in [-0.05, 0) is 18.9 Å². The molecule has 3 heteroatoms. The van der Waals surface area contributed by atoms with Crippen LogP contribution in [0, 0.1) is 0 Å². The first-order chi connectivity index (χ1) is 7.77. The summed E-state index contributed by atoms with van der Waals surface area (Å²) in [4.78, 5) is 0. The quantitative estimate of drug-likeness (QED) is 0.917. The van der Waals surface area contributed by atoms with Crippen LogP contribution in [0.3, 0.4) is 0 Å². The van der Waals surface area contributed by atoms with Crippen LogP contribution in [-0.2, 0) is 0 Å². The molecule has 0 fully saturated rings. The van der Waals surface area contributed by atoms with Gasteiger partial charge >= 0.3 is 0 Å². The molecule has 1 aliphatic rings. The molecule has 1 atom stereocenters. The van der Waals surface area contributed by atoms with Gasteiger partial charge < -0.3 is 10.1 Å². The number of rotatable bonds is 3. The summed E-state index contributed by atoms with van der Waals surface area (Å²) < 4.78 is 6.69. The minimum absolute atomic E-state index is 0.369. The molecule has 1 aromatic rings. The predicted molar refractivity (Wildman–Crippen MR) is 70.0 cm³/mol. The molecule has 0 bridgehead atoms. The molecule has 0 spiro atoms. The van der Waals surface area contributed by atoms with E-state index in [0.717, 1.165) is 36.2 Å². The SMILES string of the molecule is C=C(Br)CNC1CCCOc2ccccc21. The summed E-state index contributed by atoms with van der Waals surface area (Å²) in [5.41, 5.74) is 1.26. The monoisotopic (exact) mass is 281 g/mol. The minimum atomic E-state index is 0.369. The molecule has 1 N–H and O–H groups in total. The predicted octanol–water partition coefficient (Wildman–Crippen LogP) is 3.40. The van der Waals surface area contributed by atoms with Crippen molar-refractivity contribution in [3.8, 4) is 5.75 Å². The summed E-state index contributed by atoms with van der Waals surface area (Å²) in [6.07, 6.45) is 2.19. The smallest absolute Gasteiger partial charge is 0.124 e. The molecule has 0 saturated carbocycles. The Morgan fingerprint density at radius 3 is 3.12 bits per heavy atom. The van der Waals surface area contributed by atoms with Crippen molar-refractivity contribution in [3.63, 3.8) is 0 Å². The lowest BCUT2D eigenvalue weighted by Gasteiger charge is -2.17. The Morgan fingerprint density at radius 2 is 2.31 bits per heavy atom. The van der Waals surface area contributed by atoms with Crippen LogP contribution in [0.2, 0.25) is 0 Å². The standard InChI is InChI=1S/C13H16BrNO/c1-10(14)9-15-12-6-4-8-16-13-7-3-2-5-11(12)13/h2-3,5,7,12,15H,1,4,6,8-9H2. The molecular formula is C13H16BrNO. The molecule has 0 amide bonds. The van der Waals surface area contributed by atoms with Crippen LogP contribution < -0.4 is 10.1 Å². The Kier molecular flexibility index (Phi) is 4.02. The second-order valence-corrected chi connectivity index (χ2v) is 5.10. The van der Waals surface area contributed by atoms with Gasteiger partial charge in [-0.3, -0.25) is 0 Å². The van der Waals surface area contributed by atoms with Crippen LogP contribution in [0.15, 0.2) is 35.3 Å². The molecular weight excluding hydrogens is 266 g/mol. The zero-order valence-corrected chi connectivity index (χ0v) is 10.8. The van der Waals surface area contributed by atoms with E-state index in [-0.39, 0.29) is 0 Å². The third kappa shape index (κ3) is 2.86. The Hall–Kier alpha value is -0.800. The average molecular weight is 282 g/mol. The van der Waals surface area contributed by atoms with Crippen molar-refractivity contribution >= 4 is 15.9 Å². The number of nitrogens with one attached hydrogen (secondary N) is 1. The molecule has 1 aromatic carbocycles. The van der Waals surface area contributed by atoms with Crippen molar-refractivity contribution in [1.82, 2.24) is 5.32 Å². The average Bonchev–Trinajstić information content (AvgIpc) is 2.48. The molecule has 1 unspecified atom stereocenters. The highest BCUT2D eigenvalue weighted by molar-refractivity contribution is 9.11. The first-order valence-electron chi connectivity index (χ1n) is 5.56. The van der Waals surface area contributed by atoms with Gasteiger partial charge in [0.25, 0.3) is 0 Å². The van der Waals surface area contributed by atoms with Gasteiger partial charge in [-0.1, -0.05) is 40.7 Å². The molecule has 0 radical (unpaired) electrons. The van der Waals surface area contributed by atoms with Gasteiger partial charge in [-0.2, -0.15) is 0 Å². The van der Waals surface area contributed by atoms with E-state index >= 15 is 0 Å². The number of hydrogen-bond acceptors (Lipinski definition) is 2. The summed E-state index contributed by atoms with van der Waals surface area (Å²) in [5.74, 6) is 1.01. The number of benzene rings is 1. The minimum Gasteiger partial charge on any atom is -0.493 e. The normalized spacial score (nSPS) is 19.4. The highest BCUT2D eigenvalue weighted by atomic mass is 79.9. The zero-order chi connectivity index (χ0) is 11.4. The number of hydrogen-bond donors (Lipinski definition) is 1. The van der Waals surface area contributed by atoms with Crippen LogP contribution in [0.1, 0.15) is 24.4 Å². The second-order valence-electron chi connectivity index (χ2n) is 3.98. The fourth-order valence-electron chi connectivity index (χ4n) is 1.97. The maximum Gasteiger partial charge on any atom is 0.124 e. The molecule has 2 nitrogen and oxygen atoms in total. The van der Waals surface area contributed by atoms with Gasteiger partial charge in [0.1, 0.15) is 5.75 Å². The van der Waals surface area contributed by atoms with Gasteiger partial charge in [0.15, 0.2) is 0 Å². The zero-order valence-electron chi connectivity index (χ0n) is 9.21. The second kappa shape index (κ2) is 5.51. The van der Waals surface area contributed by atoms with E-state index in [4.69, 9.17) is 4.74 Å². The van der Waals surface area contributed by atoms with Crippen LogP contribution in [0.5, 0.6) is 5.75 Å². The lowest BCUT2D eigenvalue weighted by Crippen LogP contribution is -2.22. The van der Waals surface area contributed by atoms with E-state index in [9.17, 15) is 0 Å². The summed E-state index contributed by atoms with van der Waals surface area (Å²) >= 11 is 3.37. The van der Waals surface area contributed by atoms with Gasteiger partial charge in [-0.25, -0.2) is 0 Å². The van der Waals surface area contributed by atoms with Crippen molar-refractivity contribution in [2.45, 2.75) is 18.9 Å². The fourth-order valence-corrected chi connectivity index (χ4v) is 2.13. The largest absolute Gasteiger partial charge is 0.493 e. The van der Waals surface area contributed by atoms with Crippen LogP contribution >= 0.6 is 15.9 Å². The Balaban J connectivity index is 2.15. The summed E-state index contributed by atoms with van der Waals surface area (Å²) in [6, 6.07) is 8.62. The van der Waals surface area contributed by atoms with Gasteiger partial charge in [0, 0.05) is 22.6 Å². The van der Waals surface area contributed by atoms with E-state index in [1.165, 1.54) is 5.56 Å². The summed E-state index contributed by atoms with van der Waals surface area (Å²) in [6.45, 7) is 5.44. The van der Waals surface area contributed by atoms with Crippen molar-refractivity contribution in [2.75, 3.05) is 13.2 Å². The van der Waals surface area contributed by atoms with E-state index in [2.05, 4.69) is 40.0 Å². The van der Waals surface area contributed by atoms with Gasteiger partial charge in [0.05, 0.1) is 6.61 Å². The van der Waals surface area contributed by atoms with Crippen LogP contribution in [0.25, 0.3) is 0 Å². The molecule has 86 valence electrons. The molecule has 16 heavy (non-hydrogen) atoms. The third-order valence-electron chi connectivity index (χ3n) is 2.73. The first kappa shape index (κ1) is 11.7. The van der Waals surface area contributed by atoms with Crippen molar-refractivity contribution in [3.05, 3.63) is 40.9 Å². The highest BCUT2D eigenvalue weighted by Crippen LogP contribution is 2.31. The fraction of sp³-hybridized carbons (Fsp3) is 0.385. The Bertz CT molecular complexity index is 378. The first-order valence-corrected chi connectivity index (χ1v) is 6.35. The lowest BCUT2D eigenvalue weighted by molar-refractivity contribution is 0.315. The van der Waals surface area contributed by atoms with Gasteiger partial charge in [0.2, 0.25) is 0 Å². The number of ether oxygens (including phenoxy) is 1. The molecule has 0 aromatic heterocycles. The van der Waals surface area contributed by atoms with E-state index in [0.29, 0.717) is 6.04 Å². The molecule has 1 heterocycles. The van der Waals surface area contributed by atoms with Crippen molar-refractivity contribution < 1.29 is 4.74 Å². The molecule has 0 saturated heterocycles. The highest BCUT2D eigenvalue weighted by Gasteiger charge is 2.18. The van der Waals surface area contributed by atoms with Gasteiger partial charge in [-0.15, -0.1) is 0 Å². The van der Waals surface area contributed by atoms with Crippen molar-refractivity contribution in [2.24, 2.45) is 0 Å². The molecule has 2 rings (SSSR count).